The Balaban J connectivity index is 2.32. The molecule has 1 heterocycles. The molecule has 1 amide bonds. The molecular weight excluding hydrogens is 170 g/mol. The van der Waals surface area contributed by atoms with Gasteiger partial charge >= 0.3 is 0 Å². The first-order chi connectivity index (χ1) is 6.22. The molecule has 0 aliphatic carbocycles. The van der Waals surface area contributed by atoms with Crippen LogP contribution in [0.15, 0.2) is 10.6 Å². The quantitative estimate of drug-likeness (QED) is 0.663. The molecule has 0 unspecified atom stereocenters. The molecule has 0 saturated heterocycles. The van der Waals surface area contributed by atoms with Crippen LogP contribution in [0.5, 0.6) is 0 Å². The number of primary amides is 1. The van der Waals surface area contributed by atoms with Crippen molar-refractivity contribution in [3.8, 4) is 0 Å². The summed E-state index contributed by atoms with van der Waals surface area (Å²) in [6.45, 7) is 2.56. The zero-order chi connectivity index (χ0) is 9.68. The second-order valence-corrected chi connectivity index (χ2v) is 2.64. The van der Waals surface area contributed by atoms with Gasteiger partial charge in [0, 0.05) is 6.42 Å². The maximum Gasteiger partial charge on any atom is 0.231 e. The zero-order valence-corrected chi connectivity index (χ0v) is 7.54. The van der Waals surface area contributed by atoms with Gasteiger partial charge in [-0.15, -0.1) is 0 Å². The van der Waals surface area contributed by atoms with E-state index >= 15 is 0 Å². The van der Waals surface area contributed by atoms with Crippen LogP contribution in [-0.4, -0.2) is 17.4 Å². The number of carbonyl (C=O) groups excluding carboxylic acids is 1. The minimum Gasteiger partial charge on any atom is -0.444 e. The summed E-state index contributed by atoms with van der Waals surface area (Å²) >= 11 is 0. The number of hydrogen-bond acceptors (Lipinski definition) is 4. The predicted octanol–water partition coefficient (Wildman–Crippen LogP) is -0.188. The van der Waals surface area contributed by atoms with Crippen molar-refractivity contribution in [2.75, 3.05) is 6.54 Å². The lowest BCUT2D eigenvalue weighted by Crippen LogP contribution is -2.28. The van der Waals surface area contributed by atoms with Gasteiger partial charge in [0.15, 0.2) is 0 Å². The van der Waals surface area contributed by atoms with E-state index in [1.165, 1.54) is 0 Å². The molecular formula is C8H13N3O2. The van der Waals surface area contributed by atoms with Crippen molar-refractivity contribution >= 4 is 5.91 Å². The highest BCUT2D eigenvalue weighted by molar-refractivity contribution is 5.75. The Hall–Kier alpha value is -1.36. The van der Waals surface area contributed by atoms with Crippen LogP contribution >= 0.6 is 0 Å². The fourth-order valence-electron chi connectivity index (χ4n) is 0.886. The largest absolute Gasteiger partial charge is 0.444 e. The highest BCUT2D eigenvalue weighted by Gasteiger charge is 2.01. The lowest BCUT2D eigenvalue weighted by molar-refractivity contribution is -0.117. The minimum atomic E-state index is -0.387. The number of aryl methyl sites for hydroxylation is 1. The number of nitrogens with one attached hydrogen (secondary N) is 1. The van der Waals surface area contributed by atoms with Crippen molar-refractivity contribution in [3.63, 3.8) is 0 Å². The van der Waals surface area contributed by atoms with Crippen LogP contribution in [0.1, 0.15) is 18.6 Å². The Bertz CT molecular complexity index is 283. The van der Waals surface area contributed by atoms with Crippen LogP contribution in [0.25, 0.3) is 0 Å². The molecule has 0 spiro atoms. The molecule has 13 heavy (non-hydrogen) atoms. The molecule has 3 N–H and O–H groups in total. The predicted molar refractivity (Wildman–Crippen MR) is 46.8 cm³/mol. The molecule has 1 rings (SSSR count). The SMILES string of the molecule is CCc1cnc(CNCC(N)=O)o1. The van der Waals surface area contributed by atoms with E-state index in [-0.39, 0.29) is 12.5 Å². The summed E-state index contributed by atoms with van der Waals surface area (Å²) in [6, 6.07) is 0. The zero-order valence-electron chi connectivity index (χ0n) is 7.54. The molecule has 0 aliphatic heterocycles. The topological polar surface area (TPSA) is 81.1 Å². The van der Waals surface area contributed by atoms with Crippen molar-refractivity contribution in [1.82, 2.24) is 10.3 Å². The molecule has 0 bridgehead atoms. The van der Waals surface area contributed by atoms with Gasteiger partial charge in [-0.2, -0.15) is 0 Å². The molecule has 0 saturated carbocycles. The van der Waals surface area contributed by atoms with E-state index in [2.05, 4.69) is 10.3 Å². The molecule has 1 aromatic heterocycles. The number of hydrogen-bond donors (Lipinski definition) is 2. The Morgan fingerprint density at radius 3 is 3.08 bits per heavy atom. The molecule has 0 fully saturated rings. The minimum absolute atomic E-state index is 0.143. The molecule has 0 radical (unpaired) electrons. The van der Waals surface area contributed by atoms with E-state index < -0.39 is 0 Å². The molecule has 1 aromatic rings. The molecule has 72 valence electrons. The molecule has 5 nitrogen and oxygen atoms in total. The molecule has 0 aliphatic rings. The highest BCUT2D eigenvalue weighted by Crippen LogP contribution is 2.02. The lowest BCUT2D eigenvalue weighted by Gasteiger charge is -1.96. The van der Waals surface area contributed by atoms with Crippen LogP contribution in [0.4, 0.5) is 0 Å². The van der Waals surface area contributed by atoms with Gasteiger partial charge in [0.25, 0.3) is 0 Å². The van der Waals surface area contributed by atoms with Gasteiger partial charge in [-0.3, -0.25) is 10.1 Å². The number of aromatic nitrogens is 1. The smallest absolute Gasteiger partial charge is 0.231 e. The van der Waals surface area contributed by atoms with Gasteiger partial charge in [0.1, 0.15) is 5.76 Å². The van der Waals surface area contributed by atoms with Gasteiger partial charge in [-0.05, 0) is 0 Å². The Labute approximate surface area is 76.3 Å². The first kappa shape index (κ1) is 9.73. The van der Waals surface area contributed by atoms with Crippen molar-refractivity contribution in [3.05, 3.63) is 17.8 Å². The number of amides is 1. The average molecular weight is 183 g/mol. The molecule has 0 aromatic carbocycles. The standard InChI is InChI=1S/C8H13N3O2/c1-2-6-3-11-8(13-6)5-10-4-7(9)12/h3,10H,2,4-5H2,1H3,(H2,9,12). The summed E-state index contributed by atoms with van der Waals surface area (Å²) in [6.07, 6.45) is 2.50. The third kappa shape index (κ3) is 3.25. The van der Waals surface area contributed by atoms with Gasteiger partial charge in [0.2, 0.25) is 11.8 Å². The Kier molecular flexibility index (Phi) is 3.45. The second kappa shape index (κ2) is 4.61. The Morgan fingerprint density at radius 2 is 2.54 bits per heavy atom. The average Bonchev–Trinajstić information content (AvgIpc) is 2.52. The van der Waals surface area contributed by atoms with E-state index in [0.717, 1.165) is 12.2 Å². The van der Waals surface area contributed by atoms with E-state index in [9.17, 15) is 4.79 Å². The van der Waals surface area contributed by atoms with Crippen LogP contribution in [-0.2, 0) is 17.8 Å². The van der Waals surface area contributed by atoms with Crippen LogP contribution in [0.2, 0.25) is 0 Å². The van der Waals surface area contributed by atoms with Crippen LogP contribution < -0.4 is 11.1 Å². The van der Waals surface area contributed by atoms with Crippen LogP contribution in [0, 0.1) is 0 Å². The van der Waals surface area contributed by atoms with Gasteiger partial charge in [-0.1, -0.05) is 6.92 Å². The lowest BCUT2D eigenvalue weighted by atomic mass is 10.4. The maximum absolute atomic E-state index is 10.4. The van der Waals surface area contributed by atoms with E-state index in [1.807, 2.05) is 6.92 Å². The van der Waals surface area contributed by atoms with Gasteiger partial charge in [-0.25, -0.2) is 4.98 Å². The maximum atomic E-state index is 10.4. The van der Waals surface area contributed by atoms with Gasteiger partial charge < -0.3 is 10.2 Å². The van der Waals surface area contributed by atoms with Gasteiger partial charge in [0.05, 0.1) is 19.3 Å². The Morgan fingerprint density at radius 1 is 1.77 bits per heavy atom. The van der Waals surface area contributed by atoms with Crippen molar-refractivity contribution in [2.45, 2.75) is 19.9 Å². The second-order valence-electron chi connectivity index (χ2n) is 2.64. The van der Waals surface area contributed by atoms with Crippen LogP contribution in [0.3, 0.4) is 0 Å². The van der Waals surface area contributed by atoms with Crippen molar-refractivity contribution in [2.24, 2.45) is 5.73 Å². The summed E-state index contributed by atoms with van der Waals surface area (Å²) in [5.74, 6) is 1.04. The first-order valence-electron chi connectivity index (χ1n) is 4.15. The summed E-state index contributed by atoms with van der Waals surface area (Å²) in [7, 11) is 0. The summed E-state index contributed by atoms with van der Waals surface area (Å²) < 4.78 is 5.29. The van der Waals surface area contributed by atoms with E-state index in [0.29, 0.717) is 12.4 Å². The number of nitrogens with two attached hydrogens (primary N) is 1. The number of nitrogens with zero attached hydrogens (tertiary/aromatic N) is 1. The fraction of sp³-hybridized carbons (Fsp3) is 0.500. The normalized spacial score (nSPS) is 10.2. The number of oxazole rings is 1. The van der Waals surface area contributed by atoms with Crippen molar-refractivity contribution < 1.29 is 9.21 Å². The third-order valence-corrected chi connectivity index (χ3v) is 1.53. The van der Waals surface area contributed by atoms with E-state index in [4.69, 9.17) is 10.2 Å². The van der Waals surface area contributed by atoms with Crippen molar-refractivity contribution in [1.29, 1.82) is 0 Å². The van der Waals surface area contributed by atoms with E-state index in [1.54, 1.807) is 6.20 Å². The molecule has 5 heteroatoms. The fourth-order valence-corrected chi connectivity index (χ4v) is 0.886. The number of carbonyl (C=O) groups is 1. The highest BCUT2D eigenvalue weighted by atomic mass is 16.4. The first-order valence-corrected chi connectivity index (χ1v) is 4.15. The third-order valence-electron chi connectivity index (χ3n) is 1.53. The summed E-state index contributed by atoms with van der Waals surface area (Å²) in [5, 5.41) is 2.81. The summed E-state index contributed by atoms with van der Waals surface area (Å²) in [5.41, 5.74) is 4.94. The number of rotatable bonds is 5. The molecule has 0 atom stereocenters. The summed E-state index contributed by atoms with van der Waals surface area (Å²) in [4.78, 5) is 14.4. The monoisotopic (exact) mass is 183 g/mol.